The second kappa shape index (κ2) is 9.73. The summed E-state index contributed by atoms with van der Waals surface area (Å²) in [7, 11) is 2.08. The second-order valence-electron chi connectivity index (χ2n) is 9.06. The molecule has 8 heteroatoms. The number of allylic oxidation sites excluding steroid dienone is 1. The van der Waals surface area contributed by atoms with E-state index >= 15 is 0 Å². The molecule has 7 nitrogen and oxygen atoms in total. The molecule has 0 bridgehead atoms. The number of benzene rings is 1. The first-order valence-corrected chi connectivity index (χ1v) is 12.3. The van der Waals surface area contributed by atoms with Crippen molar-refractivity contribution in [3.63, 3.8) is 0 Å². The van der Waals surface area contributed by atoms with Crippen molar-refractivity contribution in [1.82, 2.24) is 14.7 Å². The smallest absolute Gasteiger partial charge is 0.338 e. The van der Waals surface area contributed by atoms with Crippen molar-refractivity contribution in [2.45, 2.75) is 46.3 Å². The molecule has 1 aromatic carbocycles. The third kappa shape index (κ3) is 4.87. The molecule has 1 fully saturated rings. The number of rotatable bonds is 5. The summed E-state index contributed by atoms with van der Waals surface area (Å²) in [6, 6.07) is 7.68. The molecule has 4 rings (SSSR count). The highest BCUT2D eigenvalue weighted by molar-refractivity contribution is 8.16. The molecule has 0 N–H and O–H groups in total. The predicted molar refractivity (Wildman–Crippen MR) is 131 cm³/mol. The number of hydrogen-bond acceptors (Lipinski definition) is 7. The third-order valence-corrected chi connectivity index (χ3v) is 7.12. The summed E-state index contributed by atoms with van der Waals surface area (Å²) in [4.78, 5) is 37.4. The number of likely N-dealkylation sites (N-methyl/N-ethyl adjacent to an activating group) is 1. The Balaban J connectivity index is 1.68. The minimum absolute atomic E-state index is 0.109. The number of fused-ring (bicyclic) bond motifs is 1. The highest BCUT2D eigenvalue weighted by atomic mass is 32.2. The van der Waals surface area contributed by atoms with Gasteiger partial charge in [0.05, 0.1) is 29.8 Å². The zero-order valence-corrected chi connectivity index (χ0v) is 20.8. The van der Waals surface area contributed by atoms with Crippen LogP contribution < -0.4 is 0 Å². The van der Waals surface area contributed by atoms with Crippen LogP contribution >= 0.6 is 11.8 Å². The average Bonchev–Trinajstić information content (AvgIpc) is 3.15. The lowest BCUT2D eigenvalue weighted by Crippen LogP contribution is -2.47. The molecule has 0 aliphatic carbocycles. The molecule has 3 aliphatic heterocycles. The maximum absolute atomic E-state index is 13.2. The van der Waals surface area contributed by atoms with Crippen LogP contribution in [-0.2, 0) is 14.3 Å². The van der Waals surface area contributed by atoms with Gasteiger partial charge in [-0.05, 0) is 51.3 Å². The highest BCUT2D eigenvalue weighted by Crippen LogP contribution is 2.45. The summed E-state index contributed by atoms with van der Waals surface area (Å²) in [6.45, 7) is 10.8. The van der Waals surface area contributed by atoms with Gasteiger partial charge in [-0.25, -0.2) is 9.79 Å². The molecular formula is C25H32N4O3S. The van der Waals surface area contributed by atoms with Crippen molar-refractivity contribution in [2.75, 3.05) is 33.2 Å². The number of piperazine rings is 1. The number of aliphatic imine (C=N–C) groups is 1. The molecule has 0 aromatic heterocycles. The van der Waals surface area contributed by atoms with Gasteiger partial charge in [-0.1, -0.05) is 36.0 Å². The van der Waals surface area contributed by atoms with Gasteiger partial charge < -0.3 is 19.4 Å². The summed E-state index contributed by atoms with van der Waals surface area (Å²) < 4.78 is 5.62. The number of amides is 1. The molecule has 176 valence electrons. The number of amidine groups is 1. The Hall–Kier alpha value is -2.58. The lowest BCUT2D eigenvalue weighted by molar-refractivity contribution is -0.143. The first kappa shape index (κ1) is 23.6. The Labute approximate surface area is 200 Å². The van der Waals surface area contributed by atoms with E-state index in [-0.39, 0.29) is 30.4 Å². The minimum atomic E-state index is -0.383. The maximum Gasteiger partial charge on any atom is 0.338 e. The molecule has 33 heavy (non-hydrogen) atoms. The molecule has 3 aliphatic rings. The second-order valence-corrected chi connectivity index (χ2v) is 9.90. The normalized spacial score (nSPS) is 21.2. The Kier molecular flexibility index (Phi) is 6.95. The number of nitrogens with zero attached hydrogens (tertiary/aromatic N) is 4. The summed E-state index contributed by atoms with van der Waals surface area (Å²) in [6.07, 6.45) is 0.0476. The summed E-state index contributed by atoms with van der Waals surface area (Å²) in [5.41, 5.74) is 4.15. The van der Waals surface area contributed by atoms with E-state index in [2.05, 4.69) is 16.8 Å². The first-order valence-electron chi connectivity index (χ1n) is 11.4. The number of carbonyl (C=O) groups is 2. The first-order chi connectivity index (χ1) is 15.8. The molecule has 3 heterocycles. The van der Waals surface area contributed by atoms with Crippen LogP contribution in [0, 0.1) is 6.92 Å². The minimum Gasteiger partial charge on any atom is -0.459 e. The van der Waals surface area contributed by atoms with Crippen molar-refractivity contribution in [3.8, 4) is 0 Å². The van der Waals surface area contributed by atoms with Gasteiger partial charge in [-0.2, -0.15) is 0 Å². The largest absolute Gasteiger partial charge is 0.459 e. The van der Waals surface area contributed by atoms with Crippen LogP contribution in [0.3, 0.4) is 0 Å². The van der Waals surface area contributed by atoms with Crippen LogP contribution in [0.1, 0.15) is 44.4 Å². The molecular weight excluding hydrogens is 436 g/mol. The van der Waals surface area contributed by atoms with E-state index in [0.717, 1.165) is 48.2 Å². The van der Waals surface area contributed by atoms with Gasteiger partial charge in [-0.15, -0.1) is 0 Å². The molecule has 0 saturated carbocycles. The van der Waals surface area contributed by atoms with Crippen LogP contribution in [0.25, 0.3) is 0 Å². The third-order valence-electron chi connectivity index (χ3n) is 6.23. The fraction of sp³-hybridized carbons (Fsp3) is 0.480. The number of hydrogen-bond donors (Lipinski definition) is 0. The predicted octanol–water partition coefficient (Wildman–Crippen LogP) is 3.69. The van der Waals surface area contributed by atoms with E-state index in [0.29, 0.717) is 11.3 Å². The van der Waals surface area contributed by atoms with E-state index < -0.39 is 0 Å². The lowest BCUT2D eigenvalue weighted by Gasteiger charge is -2.38. The Morgan fingerprint density at radius 1 is 1.15 bits per heavy atom. The van der Waals surface area contributed by atoms with E-state index in [1.54, 1.807) is 0 Å². The van der Waals surface area contributed by atoms with Crippen LogP contribution in [0.4, 0.5) is 0 Å². The van der Waals surface area contributed by atoms with Gasteiger partial charge in [0.2, 0.25) is 5.91 Å². The maximum atomic E-state index is 13.2. The molecule has 0 radical (unpaired) electrons. The van der Waals surface area contributed by atoms with E-state index in [1.165, 1.54) is 11.8 Å². The number of esters is 1. The average molecular weight is 469 g/mol. The van der Waals surface area contributed by atoms with Gasteiger partial charge >= 0.3 is 5.97 Å². The Morgan fingerprint density at radius 3 is 2.52 bits per heavy atom. The Bertz CT molecular complexity index is 1040. The summed E-state index contributed by atoms with van der Waals surface area (Å²) in [5.74, 6) is -0.252. The van der Waals surface area contributed by atoms with Gasteiger partial charge in [0.1, 0.15) is 0 Å². The van der Waals surface area contributed by atoms with Crippen LogP contribution in [0.2, 0.25) is 0 Å². The fourth-order valence-corrected chi connectivity index (χ4v) is 5.38. The number of carbonyl (C=O) groups excluding carboxylic acids is 2. The van der Waals surface area contributed by atoms with Gasteiger partial charge in [0.15, 0.2) is 5.17 Å². The van der Waals surface area contributed by atoms with Crippen molar-refractivity contribution in [1.29, 1.82) is 0 Å². The van der Waals surface area contributed by atoms with Gasteiger partial charge in [0, 0.05) is 31.9 Å². The summed E-state index contributed by atoms with van der Waals surface area (Å²) in [5, 5.41) is 2.80. The van der Waals surface area contributed by atoms with Crippen molar-refractivity contribution in [3.05, 3.63) is 57.8 Å². The number of thioether (sulfide) groups is 1. The molecule has 0 spiro atoms. The van der Waals surface area contributed by atoms with Crippen molar-refractivity contribution in [2.24, 2.45) is 4.99 Å². The monoisotopic (exact) mass is 468 g/mol. The lowest BCUT2D eigenvalue weighted by atomic mass is 9.91. The van der Waals surface area contributed by atoms with E-state index in [9.17, 15) is 9.59 Å². The standard InChI is InChI=1S/C25H32N4O3S/c1-16(2)32-24(31)22-18(4)26-25-29(23(22)20-9-7-6-8-17(20)3)19(15-33-25)14-21(30)28-12-10-27(5)11-13-28/h6-9,15-16,23H,10-14H2,1-5H3/t23-/m0/s1. The SMILES string of the molecule is CC1=C(C(=O)OC(C)C)[C@H](c2ccccc2C)N2C(CC(=O)N3CCN(C)CC3)=CSC2=N1. The quantitative estimate of drug-likeness (QED) is 0.614. The molecule has 1 saturated heterocycles. The zero-order chi connectivity index (χ0) is 23.7. The number of ether oxygens (including phenoxy) is 1. The van der Waals surface area contributed by atoms with E-state index in [4.69, 9.17) is 9.73 Å². The molecule has 1 aromatic rings. The molecule has 0 unspecified atom stereocenters. The van der Waals surface area contributed by atoms with Gasteiger partial charge in [-0.3, -0.25) is 4.79 Å². The van der Waals surface area contributed by atoms with Crippen molar-refractivity contribution >= 4 is 28.8 Å². The van der Waals surface area contributed by atoms with Crippen LogP contribution in [0.15, 0.2) is 51.6 Å². The van der Waals surface area contributed by atoms with Crippen molar-refractivity contribution < 1.29 is 14.3 Å². The Morgan fingerprint density at radius 2 is 1.85 bits per heavy atom. The topological polar surface area (TPSA) is 65.5 Å². The van der Waals surface area contributed by atoms with Crippen LogP contribution in [0.5, 0.6) is 0 Å². The fourth-order valence-electron chi connectivity index (χ4n) is 4.42. The number of aryl methyl sites for hydroxylation is 1. The molecule has 1 amide bonds. The van der Waals surface area contributed by atoms with E-state index in [1.807, 2.05) is 62.3 Å². The van der Waals surface area contributed by atoms with Gasteiger partial charge in [0.25, 0.3) is 0 Å². The molecule has 1 atom stereocenters. The zero-order valence-electron chi connectivity index (χ0n) is 20.0. The van der Waals surface area contributed by atoms with Crippen LogP contribution in [-0.4, -0.2) is 71.1 Å². The summed E-state index contributed by atoms with van der Waals surface area (Å²) >= 11 is 1.51. The highest BCUT2D eigenvalue weighted by Gasteiger charge is 2.42.